The van der Waals surface area contributed by atoms with Crippen molar-refractivity contribution < 1.29 is 18.6 Å². The first-order valence-electron chi connectivity index (χ1n) is 8.92. The molecule has 0 aliphatic carbocycles. The molecule has 3 N–H and O–H groups in total. The number of rotatable bonds is 6. The van der Waals surface area contributed by atoms with Crippen LogP contribution in [0, 0.1) is 5.92 Å². The number of hydrogen-bond acceptors (Lipinski definition) is 5. The Morgan fingerprint density at radius 2 is 1.77 bits per heavy atom. The van der Waals surface area contributed by atoms with Crippen LogP contribution in [0.5, 0.6) is 5.75 Å². The summed E-state index contributed by atoms with van der Waals surface area (Å²) in [6.07, 6.45) is 1.05. The summed E-state index contributed by atoms with van der Waals surface area (Å²) in [5.74, 6) is -0.00538. The van der Waals surface area contributed by atoms with Gasteiger partial charge in [0.1, 0.15) is 5.75 Å². The summed E-state index contributed by atoms with van der Waals surface area (Å²) in [5, 5.41) is 22.2. The van der Waals surface area contributed by atoms with E-state index in [4.69, 9.17) is 0 Å². The Labute approximate surface area is 154 Å². The molecule has 1 saturated heterocycles. The Morgan fingerprint density at radius 3 is 2.42 bits per heavy atom. The van der Waals surface area contributed by atoms with Gasteiger partial charge in [0.15, 0.2) is 9.84 Å². The zero-order valence-corrected chi connectivity index (χ0v) is 15.4. The van der Waals surface area contributed by atoms with Gasteiger partial charge in [0.25, 0.3) is 0 Å². The van der Waals surface area contributed by atoms with Crippen LogP contribution in [0.4, 0.5) is 0 Å². The average molecular weight is 375 g/mol. The summed E-state index contributed by atoms with van der Waals surface area (Å²) in [6, 6.07) is 15.2. The molecule has 0 spiro atoms. The molecule has 6 heteroatoms. The van der Waals surface area contributed by atoms with E-state index in [0.717, 1.165) is 18.5 Å². The monoisotopic (exact) mass is 375 g/mol. The molecule has 140 valence electrons. The molecule has 3 rings (SSSR count). The summed E-state index contributed by atoms with van der Waals surface area (Å²) in [4.78, 5) is 0.208. The molecule has 5 nitrogen and oxygen atoms in total. The molecule has 1 fully saturated rings. The molecule has 1 aliphatic heterocycles. The number of aliphatic hydroxyl groups is 1. The van der Waals surface area contributed by atoms with Crippen LogP contribution in [0.2, 0.25) is 0 Å². The van der Waals surface area contributed by atoms with Crippen LogP contribution < -0.4 is 5.32 Å². The normalized spacial score (nSPS) is 22.0. The van der Waals surface area contributed by atoms with Gasteiger partial charge in [-0.05, 0) is 61.6 Å². The molecule has 2 aromatic carbocycles. The molecular weight excluding hydrogens is 350 g/mol. The number of sulfone groups is 1. The Kier molecular flexibility index (Phi) is 5.96. The van der Waals surface area contributed by atoms with Gasteiger partial charge >= 0.3 is 0 Å². The predicted molar refractivity (Wildman–Crippen MR) is 101 cm³/mol. The lowest BCUT2D eigenvalue weighted by atomic mass is 9.89. The highest BCUT2D eigenvalue weighted by Crippen LogP contribution is 2.29. The Morgan fingerprint density at radius 1 is 1.08 bits per heavy atom. The fourth-order valence-corrected chi connectivity index (χ4v) is 5.35. The second-order valence-electron chi connectivity index (χ2n) is 6.91. The van der Waals surface area contributed by atoms with E-state index < -0.39 is 21.2 Å². The summed E-state index contributed by atoms with van der Waals surface area (Å²) in [7, 11) is -3.58. The quantitative estimate of drug-likeness (QED) is 0.720. The van der Waals surface area contributed by atoms with Crippen LogP contribution in [0.3, 0.4) is 0 Å². The fraction of sp³-hybridized carbons (Fsp3) is 0.400. The highest BCUT2D eigenvalue weighted by atomic mass is 32.2. The van der Waals surface area contributed by atoms with Crippen molar-refractivity contribution in [1.29, 1.82) is 0 Å². The molecule has 0 amide bonds. The van der Waals surface area contributed by atoms with Crippen molar-refractivity contribution >= 4 is 9.84 Å². The molecule has 2 aromatic rings. The van der Waals surface area contributed by atoms with Gasteiger partial charge in [0, 0.05) is 6.54 Å². The number of phenols is 1. The van der Waals surface area contributed by atoms with E-state index in [9.17, 15) is 18.6 Å². The van der Waals surface area contributed by atoms with Crippen LogP contribution in [-0.2, 0) is 16.3 Å². The molecule has 26 heavy (non-hydrogen) atoms. The number of aromatic hydroxyl groups is 1. The number of hydrogen-bond donors (Lipinski definition) is 3. The van der Waals surface area contributed by atoms with Gasteiger partial charge in [-0.1, -0.05) is 30.3 Å². The zero-order valence-electron chi connectivity index (χ0n) is 14.6. The van der Waals surface area contributed by atoms with Crippen molar-refractivity contribution in [2.24, 2.45) is 5.92 Å². The summed E-state index contributed by atoms with van der Waals surface area (Å²) in [5.41, 5.74) is 0.961. The van der Waals surface area contributed by atoms with E-state index >= 15 is 0 Å². The van der Waals surface area contributed by atoms with Gasteiger partial charge in [-0.25, -0.2) is 8.42 Å². The maximum Gasteiger partial charge on any atom is 0.181 e. The summed E-state index contributed by atoms with van der Waals surface area (Å²) < 4.78 is 26.5. The lowest BCUT2D eigenvalue weighted by molar-refractivity contribution is 0.0766. The number of phenolic OH excluding ortho intramolecular Hbond substituents is 1. The molecule has 1 aliphatic rings. The van der Waals surface area contributed by atoms with Crippen LogP contribution in [0.15, 0.2) is 59.5 Å². The fourth-order valence-electron chi connectivity index (χ4n) is 3.53. The highest BCUT2D eigenvalue weighted by Gasteiger charge is 2.33. The third-order valence-electron chi connectivity index (χ3n) is 5.07. The molecule has 0 bridgehead atoms. The average Bonchev–Trinajstić information content (AvgIpc) is 2.64. The van der Waals surface area contributed by atoms with Crippen molar-refractivity contribution in [2.45, 2.75) is 35.5 Å². The second kappa shape index (κ2) is 8.20. The number of piperidine rings is 1. The van der Waals surface area contributed by atoms with E-state index in [0.29, 0.717) is 19.4 Å². The van der Waals surface area contributed by atoms with Gasteiger partial charge in [-0.2, -0.15) is 0 Å². The van der Waals surface area contributed by atoms with Gasteiger partial charge < -0.3 is 15.5 Å². The topological polar surface area (TPSA) is 86.6 Å². The van der Waals surface area contributed by atoms with Crippen molar-refractivity contribution in [3.63, 3.8) is 0 Å². The maximum absolute atomic E-state index is 13.2. The Hall–Kier alpha value is -1.89. The van der Waals surface area contributed by atoms with Gasteiger partial charge in [-0.3, -0.25) is 0 Å². The van der Waals surface area contributed by atoms with E-state index in [1.54, 1.807) is 0 Å². The smallest absolute Gasteiger partial charge is 0.181 e. The first-order chi connectivity index (χ1) is 12.5. The van der Waals surface area contributed by atoms with Gasteiger partial charge in [0.05, 0.1) is 16.2 Å². The zero-order chi connectivity index (χ0) is 18.6. The summed E-state index contributed by atoms with van der Waals surface area (Å²) in [6.45, 7) is 1.29. The second-order valence-corrected chi connectivity index (χ2v) is 9.13. The molecule has 0 aromatic heterocycles. The number of nitrogens with one attached hydrogen (secondary N) is 1. The van der Waals surface area contributed by atoms with Crippen LogP contribution >= 0.6 is 0 Å². The first kappa shape index (κ1) is 18.9. The SMILES string of the molecule is O=S(=O)(c1ccc(O)cc1)C(Cc1ccccc1)CC1CCNCC1O. The predicted octanol–water partition coefficient (Wildman–Crippen LogP) is 2.14. The molecule has 0 radical (unpaired) electrons. The largest absolute Gasteiger partial charge is 0.508 e. The molecular formula is C20H25NO4S. The van der Waals surface area contributed by atoms with E-state index in [1.165, 1.54) is 24.3 Å². The first-order valence-corrected chi connectivity index (χ1v) is 10.5. The van der Waals surface area contributed by atoms with E-state index in [-0.39, 0.29) is 16.6 Å². The van der Waals surface area contributed by atoms with Crippen LogP contribution in [0.25, 0.3) is 0 Å². The minimum absolute atomic E-state index is 0.0392. The lowest BCUT2D eigenvalue weighted by Crippen LogP contribution is -2.42. The standard InChI is InChI=1S/C20H25NO4S/c22-17-6-8-18(9-7-17)26(24,25)19(12-15-4-2-1-3-5-15)13-16-10-11-21-14-20(16)23/h1-9,16,19-23H,10-14H2. The van der Waals surface area contributed by atoms with Crippen molar-refractivity contribution in [3.05, 3.63) is 60.2 Å². The van der Waals surface area contributed by atoms with Crippen molar-refractivity contribution in [1.82, 2.24) is 5.32 Å². The summed E-state index contributed by atoms with van der Waals surface area (Å²) >= 11 is 0. The Bertz CT molecular complexity index is 805. The molecule has 3 unspecified atom stereocenters. The third kappa shape index (κ3) is 4.44. The van der Waals surface area contributed by atoms with E-state index in [1.807, 2.05) is 30.3 Å². The minimum Gasteiger partial charge on any atom is -0.508 e. The maximum atomic E-state index is 13.2. The highest BCUT2D eigenvalue weighted by molar-refractivity contribution is 7.92. The van der Waals surface area contributed by atoms with E-state index in [2.05, 4.69) is 5.32 Å². The minimum atomic E-state index is -3.58. The molecule has 0 saturated carbocycles. The number of β-amino-alcohol motifs (C(OH)–C–C–N with tert-alkyl or cyclic N) is 1. The Balaban J connectivity index is 1.89. The van der Waals surface area contributed by atoms with Crippen LogP contribution in [-0.4, -0.2) is 43.1 Å². The van der Waals surface area contributed by atoms with Gasteiger partial charge in [0.2, 0.25) is 0 Å². The molecule has 1 heterocycles. The third-order valence-corrected chi connectivity index (χ3v) is 7.23. The lowest BCUT2D eigenvalue weighted by Gasteiger charge is -2.31. The van der Waals surface area contributed by atoms with Gasteiger partial charge in [-0.15, -0.1) is 0 Å². The number of benzene rings is 2. The molecule has 3 atom stereocenters. The number of aliphatic hydroxyl groups excluding tert-OH is 1. The van der Waals surface area contributed by atoms with Crippen molar-refractivity contribution in [3.8, 4) is 5.75 Å². The van der Waals surface area contributed by atoms with Crippen LogP contribution in [0.1, 0.15) is 18.4 Å². The van der Waals surface area contributed by atoms with Crippen molar-refractivity contribution in [2.75, 3.05) is 13.1 Å².